The zero-order valence-electron chi connectivity index (χ0n) is 17.1. The smallest absolute Gasteiger partial charge is 0.326 e. The lowest BCUT2D eigenvalue weighted by Gasteiger charge is -2.13. The minimum Gasteiger partial charge on any atom is -0.492 e. The molecular weight excluding hydrogens is 418 g/mol. The summed E-state index contributed by atoms with van der Waals surface area (Å²) in [5.41, 5.74) is 7.88. The lowest BCUT2D eigenvalue weighted by atomic mass is 10.1. The summed E-state index contributed by atoms with van der Waals surface area (Å²) in [6.07, 6.45) is 2.69. The van der Waals surface area contributed by atoms with Crippen molar-refractivity contribution in [2.24, 2.45) is 0 Å². The minimum atomic E-state index is -1.28. The summed E-state index contributed by atoms with van der Waals surface area (Å²) in [6, 6.07) is 7.21. The second kappa shape index (κ2) is 9.77. The number of nitrogens with zero attached hydrogens (tertiary/aromatic N) is 3. The van der Waals surface area contributed by atoms with Crippen LogP contribution >= 0.6 is 0 Å². The number of carbonyl (C=O) groups is 3. The maximum Gasteiger partial charge on any atom is 0.326 e. The second-order valence-electron chi connectivity index (χ2n) is 7.25. The van der Waals surface area contributed by atoms with Crippen molar-refractivity contribution in [1.29, 1.82) is 0 Å². The first-order chi connectivity index (χ1) is 15.2. The van der Waals surface area contributed by atoms with Crippen LogP contribution in [0.3, 0.4) is 0 Å². The quantitative estimate of drug-likeness (QED) is 0.311. The third-order valence-corrected chi connectivity index (χ3v) is 4.94. The molecule has 11 nitrogen and oxygen atoms in total. The van der Waals surface area contributed by atoms with Gasteiger partial charge in [-0.1, -0.05) is 12.1 Å². The molecule has 1 amide bonds. The molecule has 0 unspecified atom stereocenters. The Kier molecular flexibility index (Phi) is 6.88. The highest BCUT2D eigenvalue weighted by Gasteiger charge is 2.21. The van der Waals surface area contributed by atoms with Crippen LogP contribution < -0.4 is 11.1 Å². The van der Waals surface area contributed by atoms with Crippen LogP contribution in [-0.4, -0.2) is 53.7 Å². The van der Waals surface area contributed by atoms with Gasteiger partial charge in [0.1, 0.15) is 11.6 Å². The number of aryl methyl sites for hydroxylation is 2. The van der Waals surface area contributed by atoms with E-state index < -0.39 is 23.9 Å². The Morgan fingerprint density at radius 1 is 1.09 bits per heavy atom. The van der Waals surface area contributed by atoms with Crippen molar-refractivity contribution >= 4 is 34.8 Å². The van der Waals surface area contributed by atoms with Crippen molar-refractivity contribution in [2.75, 3.05) is 5.73 Å². The van der Waals surface area contributed by atoms with Gasteiger partial charge in [0.15, 0.2) is 0 Å². The number of aromatic hydroxyl groups is 1. The predicted molar refractivity (Wildman–Crippen MR) is 114 cm³/mol. The van der Waals surface area contributed by atoms with E-state index >= 15 is 0 Å². The third kappa shape index (κ3) is 5.50. The number of nitrogens with one attached hydrogen (secondary N) is 1. The molecule has 1 aromatic carbocycles. The van der Waals surface area contributed by atoms with Crippen molar-refractivity contribution in [3.63, 3.8) is 0 Å². The second-order valence-corrected chi connectivity index (χ2v) is 7.25. The Morgan fingerprint density at radius 3 is 2.47 bits per heavy atom. The van der Waals surface area contributed by atoms with Gasteiger partial charge in [-0.2, -0.15) is 4.98 Å². The first kappa shape index (κ1) is 22.5. The van der Waals surface area contributed by atoms with E-state index in [0.29, 0.717) is 24.0 Å². The Bertz CT molecular complexity index is 1140. The molecule has 1 atom stereocenters. The molecule has 0 radical (unpaired) electrons. The molecule has 6 N–H and O–H groups in total. The molecular formula is C21H23N5O6. The lowest BCUT2D eigenvalue weighted by molar-refractivity contribution is -0.140. The summed E-state index contributed by atoms with van der Waals surface area (Å²) in [7, 11) is 0. The first-order valence-electron chi connectivity index (χ1n) is 9.90. The molecule has 168 valence electrons. The summed E-state index contributed by atoms with van der Waals surface area (Å²) in [5.74, 6) is -3.16. The van der Waals surface area contributed by atoms with Gasteiger partial charge in [-0.25, -0.2) is 9.78 Å². The molecule has 11 heteroatoms. The summed E-state index contributed by atoms with van der Waals surface area (Å²) in [6.45, 7) is 0.608. The molecule has 0 aliphatic carbocycles. The number of rotatable bonds is 10. The molecule has 0 spiro atoms. The van der Waals surface area contributed by atoms with Crippen LogP contribution in [0.15, 0.2) is 36.5 Å². The molecule has 0 saturated carbocycles. The number of aromatic nitrogens is 3. The van der Waals surface area contributed by atoms with Gasteiger partial charge in [-0.05, 0) is 43.0 Å². The van der Waals surface area contributed by atoms with Crippen molar-refractivity contribution in [3.8, 4) is 5.88 Å². The number of anilines is 1. The van der Waals surface area contributed by atoms with Gasteiger partial charge >= 0.3 is 11.9 Å². The molecule has 2 heterocycles. The summed E-state index contributed by atoms with van der Waals surface area (Å²) in [5, 5.41) is 30.2. The van der Waals surface area contributed by atoms with Crippen LogP contribution in [0.5, 0.6) is 5.88 Å². The SMILES string of the molecule is Nc1nc(O)c2c(ccn2CCCc2ccc(C(=O)N[C@@H](CCC(=O)O)C(=O)O)cc2)n1. The van der Waals surface area contributed by atoms with Crippen LogP contribution in [0.4, 0.5) is 5.95 Å². The third-order valence-electron chi connectivity index (χ3n) is 4.94. The Hall–Kier alpha value is -4.15. The highest BCUT2D eigenvalue weighted by atomic mass is 16.4. The highest BCUT2D eigenvalue weighted by Crippen LogP contribution is 2.23. The fraction of sp³-hybridized carbons (Fsp3) is 0.286. The molecule has 3 aromatic rings. The average Bonchev–Trinajstić information content (AvgIpc) is 3.14. The molecule has 0 bridgehead atoms. The zero-order valence-corrected chi connectivity index (χ0v) is 17.1. The van der Waals surface area contributed by atoms with Gasteiger partial charge in [0.2, 0.25) is 11.8 Å². The first-order valence-corrected chi connectivity index (χ1v) is 9.90. The van der Waals surface area contributed by atoms with Gasteiger partial charge < -0.3 is 30.9 Å². The van der Waals surface area contributed by atoms with E-state index in [1.807, 2.05) is 4.57 Å². The van der Waals surface area contributed by atoms with E-state index in [4.69, 9.17) is 15.9 Å². The van der Waals surface area contributed by atoms with Crippen molar-refractivity contribution in [3.05, 3.63) is 47.7 Å². The van der Waals surface area contributed by atoms with Crippen LogP contribution in [0, 0.1) is 0 Å². The van der Waals surface area contributed by atoms with Gasteiger partial charge in [-0.15, -0.1) is 0 Å². The number of fused-ring (bicyclic) bond motifs is 1. The molecule has 0 saturated heterocycles. The molecule has 32 heavy (non-hydrogen) atoms. The normalized spacial score (nSPS) is 11.9. The van der Waals surface area contributed by atoms with E-state index in [1.54, 1.807) is 36.5 Å². The standard InChI is InChI=1S/C21H23N5O6/c22-21-24-14-9-11-26(17(14)19(30)25-21)10-1-2-12-3-5-13(6-4-12)18(29)23-15(20(31)32)7-8-16(27)28/h3-6,9,11,15H,1-2,7-8,10H2,(H,23,29)(H,27,28)(H,31,32)(H3,22,24,25,30)/t15-/m0/s1. The van der Waals surface area contributed by atoms with E-state index in [2.05, 4.69) is 15.3 Å². The molecule has 3 rings (SSSR count). The number of hydrogen-bond donors (Lipinski definition) is 5. The number of nitrogens with two attached hydrogens (primary N) is 1. The van der Waals surface area contributed by atoms with Gasteiger partial charge in [-0.3, -0.25) is 9.59 Å². The van der Waals surface area contributed by atoms with Crippen LogP contribution in [0.1, 0.15) is 35.2 Å². The van der Waals surface area contributed by atoms with Gasteiger partial charge in [0.25, 0.3) is 5.91 Å². The molecule has 0 aliphatic rings. The lowest BCUT2D eigenvalue weighted by Crippen LogP contribution is -2.41. The molecule has 0 aliphatic heterocycles. The highest BCUT2D eigenvalue weighted by molar-refractivity contribution is 5.96. The number of aliphatic carboxylic acids is 2. The molecule has 0 fully saturated rings. The Balaban J connectivity index is 1.56. The number of carboxylic acids is 2. The maximum absolute atomic E-state index is 12.3. The number of benzene rings is 1. The van der Waals surface area contributed by atoms with Crippen LogP contribution in [0.2, 0.25) is 0 Å². The largest absolute Gasteiger partial charge is 0.492 e. The maximum atomic E-state index is 12.3. The van der Waals surface area contributed by atoms with Gasteiger partial charge in [0.05, 0.1) is 5.52 Å². The minimum absolute atomic E-state index is 0.00781. The van der Waals surface area contributed by atoms with Crippen molar-refractivity contribution in [2.45, 2.75) is 38.3 Å². The monoisotopic (exact) mass is 441 g/mol. The van der Waals surface area contributed by atoms with E-state index in [1.165, 1.54) is 0 Å². The average molecular weight is 441 g/mol. The number of carbonyl (C=O) groups excluding carboxylic acids is 1. The number of amides is 1. The van der Waals surface area contributed by atoms with E-state index in [9.17, 15) is 19.5 Å². The summed E-state index contributed by atoms with van der Waals surface area (Å²) in [4.78, 5) is 42.0. The Labute approximate surface area is 182 Å². The van der Waals surface area contributed by atoms with Crippen molar-refractivity contribution < 1.29 is 29.7 Å². The summed E-state index contributed by atoms with van der Waals surface area (Å²) >= 11 is 0. The predicted octanol–water partition coefficient (Wildman–Crippen LogP) is 1.40. The molecule has 2 aromatic heterocycles. The van der Waals surface area contributed by atoms with Crippen LogP contribution in [-0.2, 0) is 22.6 Å². The van der Waals surface area contributed by atoms with E-state index in [0.717, 1.165) is 12.0 Å². The topological polar surface area (TPSA) is 181 Å². The number of hydrogen-bond acceptors (Lipinski definition) is 7. The van der Waals surface area contributed by atoms with Crippen molar-refractivity contribution in [1.82, 2.24) is 19.9 Å². The summed E-state index contributed by atoms with van der Waals surface area (Å²) < 4.78 is 1.84. The van der Waals surface area contributed by atoms with Gasteiger partial charge in [0, 0.05) is 24.7 Å². The number of nitrogen functional groups attached to an aromatic ring is 1. The fourth-order valence-corrected chi connectivity index (χ4v) is 3.33. The zero-order chi connectivity index (χ0) is 23.3. The fourth-order valence-electron chi connectivity index (χ4n) is 3.33. The Morgan fingerprint density at radius 2 is 1.81 bits per heavy atom. The van der Waals surface area contributed by atoms with Crippen LogP contribution in [0.25, 0.3) is 11.0 Å². The number of carboxylic acid groups (broad SMARTS) is 2. The van der Waals surface area contributed by atoms with E-state index in [-0.39, 0.29) is 30.2 Å².